The monoisotopic (exact) mass is 360 g/mol. The van der Waals surface area contributed by atoms with Gasteiger partial charge in [0.05, 0.1) is 6.21 Å². The highest BCUT2D eigenvalue weighted by Gasteiger charge is 2.20. The van der Waals surface area contributed by atoms with Crippen molar-refractivity contribution in [3.05, 3.63) is 65.2 Å². The second-order valence-corrected chi connectivity index (χ2v) is 5.76. The third kappa shape index (κ3) is 4.56. The van der Waals surface area contributed by atoms with E-state index in [2.05, 4.69) is 16.0 Å². The van der Waals surface area contributed by atoms with Crippen molar-refractivity contribution >= 4 is 12.1 Å². The number of ether oxygens (including phenoxy) is 1. The van der Waals surface area contributed by atoms with Crippen molar-refractivity contribution < 1.29 is 23.1 Å². The number of carbonyl (C=O) groups excluding carboxylic acids is 1. The third-order valence-corrected chi connectivity index (χ3v) is 4.07. The average molecular weight is 360 g/mol. The van der Waals surface area contributed by atoms with Crippen molar-refractivity contribution in [1.82, 2.24) is 4.90 Å². The Hall–Kier alpha value is -2.96. The first-order valence-corrected chi connectivity index (χ1v) is 8.17. The summed E-state index contributed by atoms with van der Waals surface area (Å²) in [5.41, 5.74) is 2.73. The largest absolute Gasteiger partial charge is 0.434 e. The van der Waals surface area contributed by atoms with Gasteiger partial charge in [-0.25, -0.2) is 0 Å². The molecule has 26 heavy (non-hydrogen) atoms. The van der Waals surface area contributed by atoms with E-state index in [1.165, 1.54) is 17.8 Å². The van der Waals surface area contributed by atoms with E-state index < -0.39 is 6.61 Å². The Balaban J connectivity index is 1.52. The van der Waals surface area contributed by atoms with Crippen molar-refractivity contribution in [2.75, 3.05) is 13.2 Å². The van der Waals surface area contributed by atoms with Crippen molar-refractivity contribution in [2.45, 2.75) is 19.6 Å². The lowest BCUT2D eigenvalue weighted by Gasteiger charge is -2.28. The number of halogens is 2. The summed E-state index contributed by atoms with van der Waals surface area (Å²) in [6.45, 7) is -1.95. The van der Waals surface area contributed by atoms with Crippen LogP contribution in [0, 0.1) is 0 Å². The standard InChI is InChI=1S/C19H18F2N2O3/c20-19(21)26-17-8-4-3-6-15(17)11-22-25-13-18(24)23-10-9-14-5-1-2-7-16(14)12-23/h1-8,11,19H,9-10,12-13H2/b22-11-. The maximum Gasteiger partial charge on any atom is 0.387 e. The van der Waals surface area contributed by atoms with Crippen LogP contribution in [0.1, 0.15) is 16.7 Å². The molecule has 0 aromatic heterocycles. The average Bonchev–Trinajstić information content (AvgIpc) is 2.65. The molecule has 2 aromatic carbocycles. The van der Waals surface area contributed by atoms with Crippen LogP contribution in [0.25, 0.3) is 0 Å². The first-order chi connectivity index (χ1) is 12.6. The van der Waals surface area contributed by atoms with Crippen LogP contribution in [0.4, 0.5) is 8.78 Å². The zero-order valence-corrected chi connectivity index (χ0v) is 14.0. The van der Waals surface area contributed by atoms with Gasteiger partial charge in [-0.05, 0) is 29.7 Å². The molecule has 0 unspecified atom stereocenters. The molecule has 0 radical (unpaired) electrons. The minimum Gasteiger partial charge on any atom is -0.434 e. The number of rotatable bonds is 6. The van der Waals surface area contributed by atoms with Crippen LogP contribution in [0.15, 0.2) is 53.7 Å². The van der Waals surface area contributed by atoms with E-state index in [0.29, 0.717) is 18.7 Å². The number of hydrogen-bond acceptors (Lipinski definition) is 4. The number of oxime groups is 1. The molecular weight excluding hydrogens is 342 g/mol. The van der Waals surface area contributed by atoms with E-state index in [1.54, 1.807) is 23.1 Å². The van der Waals surface area contributed by atoms with E-state index in [9.17, 15) is 13.6 Å². The van der Waals surface area contributed by atoms with E-state index in [0.717, 1.165) is 12.0 Å². The zero-order chi connectivity index (χ0) is 18.4. The Morgan fingerprint density at radius 3 is 2.69 bits per heavy atom. The summed E-state index contributed by atoms with van der Waals surface area (Å²) >= 11 is 0. The Morgan fingerprint density at radius 2 is 1.88 bits per heavy atom. The van der Waals surface area contributed by atoms with Crippen LogP contribution in [0.2, 0.25) is 0 Å². The van der Waals surface area contributed by atoms with Crippen molar-refractivity contribution in [3.8, 4) is 5.75 Å². The minimum absolute atomic E-state index is 0.00573. The number of para-hydroxylation sites is 1. The smallest absolute Gasteiger partial charge is 0.387 e. The fourth-order valence-corrected chi connectivity index (χ4v) is 2.78. The van der Waals surface area contributed by atoms with Crippen LogP contribution < -0.4 is 4.74 Å². The zero-order valence-electron chi connectivity index (χ0n) is 14.0. The van der Waals surface area contributed by atoms with Crippen molar-refractivity contribution in [3.63, 3.8) is 0 Å². The molecule has 0 fully saturated rings. The molecule has 0 saturated heterocycles. The van der Waals surface area contributed by atoms with Crippen LogP contribution >= 0.6 is 0 Å². The first-order valence-electron chi connectivity index (χ1n) is 8.17. The van der Waals surface area contributed by atoms with Gasteiger partial charge in [-0.2, -0.15) is 8.78 Å². The Morgan fingerprint density at radius 1 is 1.15 bits per heavy atom. The lowest BCUT2D eigenvalue weighted by atomic mass is 10.00. The second kappa shape index (κ2) is 8.42. The maximum absolute atomic E-state index is 12.4. The third-order valence-electron chi connectivity index (χ3n) is 4.07. The van der Waals surface area contributed by atoms with Crippen LogP contribution in [0.3, 0.4) is 0 Å². The van der Waals surface area contributed by atoms with E-state index in [-0.39, 0.29) is 18.3 Å². The summed E-state index contributed by atoms with van der Waals surface area (Å²) in [6.07, 6.45) is 2.06. The van der Waals surface area contributed by atoms with Gasteiger partial charge in [0.25, 0.3) is 5.91 Å². The molecule has 0 spiro atoms. The fraction of sp³-hybridized carbons (Fsp3) is 0.263. The first kappa shape index (κ1) is 17.8. The number of carbonyl (C=O) groups is 1. The lowest BCUT2D eigenvalue weighted by molar-refractivity contribution is -0.137. The highest BCUT2D eigenvalue weighted by molar-refractivity contribution is 5.83. The molecule has 0 bridgehead atoms. The maximum atomic E-state index is 12.4. The molecule has 7 heteroatoms. The van der Waals surface area contributed by atoms with Gasteiger partial charge in [0, 0.05) is 18.7 Å². The predicted octanol–water partition coefficient (Wildman–Crippen LogP) is 3.22. The van der Waals surface area contributed by atoms with Crippen LogP contribution in [-0.2, 0) is 22.6 Å². The normalized spacial score (nSPS) is 13.7. The Labute approximate surface area is 149 Å². The molecule has 2 aromatic rings. The summed E-state index contributed by atoms with van der Waals surface area (Å²) in [5.74, 6) is -0.178. The van der Waals surface area contributed by atoms with Gasteiger partial charge in [0.2, 0.25) is 0 Å². The molecule has 136 valence electrons. The SMILES string of the molecule is O=C(CO/N=C\c1ccccc1OC(F)F)N1CCc2ccccc2C1. The van der Waals surface area contributed by atoms with Gasteiger partial charge in [0.15, 0.2) is 6.61 Å². The topological polar surface area (TPSA) is 51.1 Å². The van der Waals surface area contributed by atoms with E-state index in [4.69, 9.17) is 4.84 Å². The summed E-state index contributed by atoms with van der Waals surface area (Å²) < 4.78 is 29.1. The summed E-state index contributed by atoms with van der Waals surface area (Å²) in [4.78, 5) is 19.0. The molecule has 5 nitrogen and oxygen atoms in total. The number of benzene rings is 2. The summed E-state index contributed by atoms with van der Waals surface area (Å²) in [5, 5.41) is 3.69. The minimum atomic E-state index is -2.92. The Bertz CT molecular complexity index is 796. The van der Waals surface area contributed by atoms with Crippen LogP contribution in [0.5, 0.6) is 5.75 Å². The molecule has 0 aliphatic carbocycles. The van der Waals surface area contributed by atoms with Gasteiger partial charge in [-0.1, -0.05) is 41.6 Å². The van der Waals surface area contributed by atoms with Gasteiger partial charge >= 0.3 is 6.61 Å². The van der Waals surface area contributed by atoms with Crippen LogP contribution in [-0.4, -0.2) is 36.8 Å². The lowest BCUT2D eigenvalue weighted by Crippen LogP contribution is -2.37. The quantitative estimate of drug-likeness (QED) is 0.587. The van der Waals surface area contributed by atoms with E-state index >= 15 is 0 Å². The van der Waals surface area contributed by atoms with E-state index in [1.807, 2.05) is 18.2 Å². The molecule has 0 saturated carbocycles. The Kier molecular flexibility index (Phi) is 5.78. The molecule has 1 amide bonds. The van der Waals surface area contributed by atoms with Gasteiger partial charge < -0.3 is 14.5 Å². The molecular formula is C19H18F2N2O3. The predicted molar refractivity (Wildman–Crippen MR) is 92.2 cm³/mol. The molecule has 1 aliphatic rings. The molecule has 3 rings (SSSR count). The number of alkyl halides is 2. The number of fused-ring (bicyclic) bond motifs is 1. The summed E-state index contributed by atoms with van der Waals surface area (Å²) in [7, 11) is 0. The van der Waals surface area contributed by atoms with Crippen molar-refractivity contribution in [1.29, 1.82) is 0 Å². The van der Waals surface area contributed by atoms with Gasteiger partial charge in [-0.15, -0.1) is 0 Å². The fourth-order valence-electron chi connectivity index (χ4n) is 2.78. The second-order valence-electron chi connectivity index (χ2n) is 5.76. The summed E-state index contributed by atoms with van der Waals surface area (Å²) in [6, 6.07) is 14.2. The van der Waals surface area contributed by atoms with Gasteiger partial charge in [-0.3, -0.25) is 4.79 Å². The van der Waals surface area contributed by atoms with Gasteiger partial charge in [0.1, 0.15) is 5.75 Å². The number of amides is 1. The number of hydrogen-bond donors (Lipinski definition) is 0. The highest BCUT2D eigenvalue weighted by Crippen LogP contribution is 2.19. The number of nitrogens with zero attached hydrogens (tertiary/aromatic N) is 2. The highest BCUT2D eigenvalue weighted by atomic mass is 19.3. The van der Waals surface area contributed by atoms with Crippen molar-refractivity contribution in [2.24, 2.45) is 5.16 Å². The molecule has 1 aliphatic heterocycles. The molecule has 1 heterocycles. The molecule has 0 atom stereocenters. The molecule has 0 N–H and O–H groups in total.